The molecule has 6 heteroatoms. The van der Waals surface area contributed by atoms with E-state index in [0.29, 0.717) is 22.5 Å². The molecular weight excluding hydrogens is 344 g/mol. The summed E-state index contributed by atoms with van der Waals surface area (Å²) in [5, 5.41) is 5.23. The second-order valence-corrected chi connectivity index (χ2v) is 6.45. The van der Waals surface area contributed by atoms with Crippen LogP contribution in [0.25, 0.3) is 11.1 Å². The summed E-state index contributed by atoms with van der Waals surface area (Å²) in [5.74, 6) is -0.619. The van der Waals surface area contributed by atoms with Crippen LogP contribution >= 0.6 is 0 Å². The lowest BCUT2D eigenvalue weighted by Crippen LogP contribution is -2.19. The van der Waals surface area contributed by atoms with Crippen molar-refractivity contribution in [2.24, 2.45) is 0 Å². The molecule has 0 aliphatic heterocycles. The molecule has 136 valence electrons. The maximum Gasteiger partial charge on any atom is 0.361 e. The molecule has 2 N–H and O–H groups in total. The molecule has 2 aromatic carbocycles. The Kier molecular flexibility index (Phi) is 4.16. The van der Waals surface area contributed by atoms with Crippen molar-refractivity contribution in [1.82, 2.24) is 10.3 Å². The number of rotatable bonds is 4. The number of hydrogen-bond acceptors (Lipinski definition) is 4. The molecule has 0 unspecified atom stereocenters. The van der Waals surface area contributed by atoms with Crippen molar-refractivity contribution < 1.29 is 9.05 Å². The second-order valence-electron chi connectivity index (χ2n) is 6.45. The lowest BCUT2D eigenvalue weighted by molar-refractivity contribution is 0.384. The van der Waals surface area contributed by atoms with Crippen LogP contribution in [0.15, 0.2) is 73.2 Å². The molecule has 0 bridgehead atoms. The Morgan fingerprint density at radius 3 is 1.78 bits per heavy atom. The van der Waals surface area contributed by atoms with E-state index in [1.54, 1.807) is 13.8 Å². The monoisotopic (exact) mass is 362 g/mol. The highest BCUT2D eigenvalue weighted by molar-refractivity contribution is 5.70. The Bertz CT molecular complexity index is 1140. The Balaban J connectivity index is 2.06. The number of H-pyrrole nitrogens is 2. The largest absolute Gasteiger partial charge is 0.361 e. The van der Waals surface area contributed by atoms with Gasteiger partial charge in [-0.3, -0.25) is 0 Å². The van der Waals surface area contributed by atoms with Crippen LogP contribution in [0.4, 0.5) is 0 Å². The summed E-state index contributed by atoms with van der Waals surface area (Å²) in [5.41, 5.74) is 3.70. The maximum atomic E-state index is 12.5. The van der Waals surface area contributed by atoms with Gasteiger partial charge in [0, 0.05) is 0 Å². The second kappa shape index (κ2) is 6.64. The van der Waals surface area contributed by atoms with Crippen LogP contribution in [0.2, 0.25) is 0 Å². The normalized spacial score (nSPS) is 11.2. The van der Waals surface area contributed by atoms with Gasteiger partial charge in [0.05, 0.1) is 28.4 Å². The Hall–Kier alpha value is -3.54. The van der Waals surface area contributed by atoms with Crippen molar-refractivity contribution in [3.63, 3.8) is 0 Å². The minimum Gasteiger partial charge on any atom is -0.339 e. The molecule has 6 nitrogen and oxygen atoms in total. The van der Waals surface area contributed by atoms with Crippen molar-refractivity contribution in [2.45, 2.75) is 19.8 Å². The molecule has 0 fully saturated rings. The fourth-order valence-corrected chi connectivity index (χ4v) is 3.53. The van der Waals surface area contributed by atoms with Gasteiger partial charge in [-0.2, -0.15) is 0 Å². The quantitative estimate of drug-likeness (QED) is 0.579. The van der Waals surface area contributed by atoms with Gasteiger partial charge in [0.25, 0.3) is 0 Å². The molecular formula is C21H18N2O4. The third-order valence-electron chi connectivity index (χ3n) is 4.78. The number of benzene rings is 2. The highest BCUT2D eigenvalue weighted by Crippen LogP contribution is 2.37. The van der Waals surface area contributed by atoms with Crippen LogP contribution in [-0.2, 0) is 0 Å². The molecule has 0 atom stereocenters. The van der Waals surface area contributed by atoms with Crippen molar-refractivity contribution in [3.05, 3.63) is 104 Å². The molecule has 0 saturated carbocycles. The summed E-state index contributed by atoms with van der Waals surface area (Å²) in [6.07, 6.45) is 0. The summed E-state index contributed by atoms with van der Waals surface area (Å²) >= 11 is 0. The molecule has 0 spiro atoms. The zero-order valence-electron chi connectivity index (χ0n) is 14.9. The van der Waals surface area contributed by atoms with E-state index in [2.05, 4.69) is 10.3 Å². The average molecular weight is 362 g/mol. The minimum absolute atomic E-state index is 0.397. The molecule has 0 aliphatic carbocycles. The average Bonchev–Trinajstić information content (AvgIpc) is 3.20. The van der Waals surface area contributed by atoms with Crippen LogP contribution in [-0.4, -0.2) is 10.3 Å². The van der Waals surface area contributed by atoms with Gasteiger partial charge in [-0.05, 0) is 30.5 Å². The minimum atomic E-state index is -0.619. The summed E-state index contributed by atoms with van der Waals surface area (Å²) in [4.78, 5) is 25.0. The van der Waals surface area contributed by atoms with E-state index >= 15 is 0 Å². The van der Waals surface area contributed by atoms with Crippen LogP contribution in [0, 0.1) is 13.8 Å². The van der Waals surface area contributed by atoms with E-state index in [9.17, 15) is 9.59 Å². The van der Waals surface area contributed by atoms with Crippen LogP contribution < -0.4 is 11.3 Å². The van der Waals surface area contributed by atoms with Crippen molar-refractivity contribution in [3.8, 4) is 11.1 Å². The summed E-state index contributed by atoms with van der Waals surface area (Å²) in [7, 11) is 0. The van der Waals surface area contributed by atoms with E-state index < -0.39 is 17.2 Å². The van der Waals surface area contributed by atoms with Gasteiger partial charge in [0.2, 0.25) is 0 Å². The van der Waals surface area contributed by atoms with Gasteiger partial charge in [-0.1, -0.05) is 54.6 Å². The molecule has 0 radical (unpaired) electrons. The Labute approximate surface area is 154 Å². The maximum absolute atomic E-state index is 12.5. The number of nitrogens with one attached hydrogen (secondary N) is 2. The van der Waals surface area contributed by atoms with Gasteiger partial charge < -0.3 is 9.05 Å². The van der Waals surface area contributed by atoms with Gasteiger partial charge >= 0.3 is 11.3 Å². The first-order valence-electron chi connectivity index (χ1n) is 8.58. The molecule has 0 aliphatic rings. The number of aromatic nitrogens is 2. The van der Waals surface area contributed by atoms with Crippen LogP contribution in [0.1, 0.15) is 34.0 Å². The Morgan fingerprint density at radius 2 is 1.26 bits per heavy atom. The van der Waals surface area contributed by atoms with Crippen LogP contribution in [0.3, 0.4) is 0 Å². The summed E-state index contributed by atoms with van der Waals surface area (Å²) < 4.78 is 10.00. The summed E-state index contributed by atoms with van der Waals surface area (Å²) in [6.45, 7) is 3.50. The zero-order valence-corrected chi connectivity index (χ0v) is 14.9. The van der Waals surface area contributed by atoms with Gasteiger partial charge in [0.15, 0.2) is 0 Å². The SMILES string of the molecule is Cc1[nH]oc(=O)c1C(c1ccccc1-c1ccccc1)c1c(C)[nH]oc1=O. The van der Waals surface area contributed by atoms with E-state index in [4.69, 9.17) is 9.05 Å². The first kappa shape index (κ1) is 16.9. The van der Waals surface area contributed by atoms with Crippen molar-refractivity contribution in [1.29, 1.82) is 0 Å². The topological polar surface area (TPSA) is 92.0 Å². The van der Waals surface area contributed by atoms with Gasteiger partial charge in [-0.25, -0.2) is 19.9 Å². The fraction of sp³-hybridized carbons (Fsp3) is 0.143. The van der Waals surface area contributed by atoms with Gasteiger partial charge in [0.1, 0.15) is 0 Å². The lowest BCUT2D eigenvalue weighted by Gasteiger charge is -2.19. The third-order valence-corrected chi connectivity index (χ3v) is 4.78. The Morgan fingerprint density at radius 1 is 0.741 bits per heavy atom. The molecule has 0 saturated heterocycles. The summed E-state index contributed by atoms with van der Waals surface area (Å²) in [6, 6.07) is 17.6. The molecule has 4 aromatic rings. The molecule has 4 rings (SSSR count). The highest BCUT2D eigenvalue weighted by atomic mass is 16.5. The van der Waals surface area contributed by atoms with Crippen LogP contribution in [0.5, 0.6) is 0 Å². The molecule has 0 amide bonds. The first-order valence-corrected chi connectivity index (χ1v) is 8.58. The molecule has 27 heavy (non-hydrogen) atoms. The number of aromatic amines is 2. The smallest absolute Gasteiger partial charge is 0.339 e. The standard InChI is InChI=1S/C21H18N2O4/c1-12-17(20(24)26-22-12)19(18-13(2)23-27-21(18)25)16-11-7-6-10-15(16)14-8-4-3-5-9-14/h3-11,19,22-23H,1-2H3. The third kappa shape index (κ3) is 2.85. The highest BCUT2D eigenvalue weighted by Gasteiger charge is 2.31. The zero-order chi connectivity index (χ0) is 19.0. The molecule has 2 aromatic heterocycles. The predicted molar refractivity (Wildman–Crippen MR) is 101 cm³/mol. The fourth-order valence-electron chi connectivity index (χ4n) is 3.53. The van der Waals surface area contributed by atoms with E-state index in [1.807, 2.05) is 54.6 Å². The van der Waals surface area contributed by atoms with E-state index in [1.165, 1.54) is 0 Å². The van der Waals surface area contributed by atoms with Crippen molar-refractivity contribution >= 4 is 0 Å². The van der Waals surface area contributed by atoms with Crippen molar-refractivity contribution in [2.75, 3.05) is 0 Å². The number of hydrogen-bond donors (Lipinski definition) is 2. The molecule has 2 heterocycles. The first-order chi connectivity index (χ1) is 13.1. The van der Waals surface area contributed by atoms with E-state index in [0.717, 1.165) is 16.7 Å². The predicted octanol–water partition coefficient (Wildman–Crippen LogP) is 3.71. The number of aryl methyl sites for hydroxylation is 2. The lowest BCUT2D eigenvalue weighted by atomic mass is 9.81. The van der Waals surface area contributed by atoms with Gasteiger partial charge in [-0.15, -0.1) is 0 Å². The van der Waals surface area contributed by atoms with E-state index in [-0.39, 0.29) is 0 Å².